The number of hydrogen-bond acceptors (Lipinski definition) is 5. The number of rotatable bonds is 4. The molecule has 0 spiro atoms. The highest BCUT2D eigenvalue weighted by molar-refractivity contribution is 5.39. The third-order valence-electron chi connectivity index (χ3n) is 4.90. The van der Waals surface area contributed by atoms with Gasteiger partial charge in [0.25, 0.3) is 0 Å². The Morgan fingerprint density at radius 2 is 2.05 bits per heavy atom. The Bertz CT molecular complexity index is 510. The summed E-state index contributed by atoms with van der Waals surface area (Å²) in [6.07, 6.45) is 10.9. The van der Waals surface area contributed by atoms with Crippen LogP contribution in [0, 0.1) is 17.2 Å². The topological polar surface area (TPSA) is 62.0 Å². The van der Waals surface area contributed by atoms with Crippen molar-refractivity contribution < 1.29 is 4.74 Å². The molecule has 1 saturated heterocycles. The fourth-order valence-corrected chi connectivity index (χ4v) is 3.52. The quantitative estimate of drug-likeness (QED) is 0.855. The first kappa shape index (κ1) is 15.2. The van der Waals surface area contributed by atoms with Gasteiger partial charge >= 0.3 is 0 Å². The van der Waals surface area contributed by atoms with Crippen molar-refractivity contribution >= 4 is 5.82 Å². The van der Waals surface area contributed by atoms with Gasteiger partial charge in [0.15, 0.2) is 5.69 Å². The molecular formula is C17H24N4O. The molecular weight excluding hydrogens is 276 g/mol. The average Bonchev–Trinajstić information content (AvgIpc) is 3.07. The lowest BCUT2D eigenvalue weighted by Crippen LogP contribution is -2.43. The van der Waals surface area contributed by atoms with Gasteiger partial charge < -0.3 is 9.64 Å². The van der Waals surface area contributed by atoms with Crippen LogP contribution < -0.4 is 4.90 Å². The van der Waals surface area contributed by atoms with Crippen molar-refractivity contribution in [1.29, 1.82) is 5.26 Å². The Morgan fingerprint density at radius 1 is 1.23 bits per heavy atom. The highest BCUT2D eigenvalue weighted by atomic mass is 16.5. The van der Waals surface area contributed by atoms with Gasteiger partial charge in [-0.25, -0.2) is 9.97 Å². The van der Waals surface area contributed by atoms with E-state index in [1.54, 1.807) is 12.4 Å². The summed E-state index contributed by atoms with van der Waals surface area (Å²) in [5, 5.41) is 8.89. The lowest BCUT2D eigenvalue weighted by molar-refractivity contribution is 0.112. The van der Waals surface area contributed by atoms with Crippen molar-refractivity contribution in [3.05, 3.63) is 18.1 Å². The van der Waals surface area contributed by atoms with Crippen LogP contribution >= 0.6 is 0 Å². The Morgan fingerprint density at radius 3 is 2.64 bits per heavy atom. The van der Waals surface area contributed by atoms with Gasteiger partial charge in [-0.2, -0.15) is 5.26 Å². The lowest BCUT2D eigenvalue weighted by atomic mass is 9.86. The van der Waals surface area contributed by atoms with E-state index in [4.69, 9.17) is 10.00 Å². The molecule has 0 bridgehead atoms. The van der Waals surface area contributed by atoms with Crippen molar-refractivity contribution in [2.24, 2.45) is 5.92 Å². The van der Waals surface area contributed by atoms with E-state index < -0.39 is 0 Å². The summed E-state index contributed by atoms with van der Waals surface area (Å²) in [4.78, 5) is 11.0. The van der Waals surface area contributed by atoms with Crippen LogP contribution in [0.4, 0.5) is 5.82 Å². The van der Waals surface area contributed by atoms with Crippen LogP contribution in [-0.4, -0.2) is 35.3 Å². The summed E-state index contributed by atoms with van der Waals surface area (Å²) in [5.41, 5.74) is 0.373. The van der Waals surface area contributed by atoms with E-state index in [9.17, 15) is 0 Å². The van der Waals surface area contributed by atoms with Gasteiger partial charge in [-0.05, 0) is 44.4 Å². The first-order valence-electron chi connectivity index (χ1n) is 8.36. The van der Waals surface area contributed by atoms with Crippen molar-refractivity contribution in [2.45, 2.75) is 57.6 Å². The zero-order chi connectivity index (χ0) is 15.4. The number of hydrogen-bond donors (Lipinski definition) is 0. The summed E-state index contributed by atoms with van der Waals surface area (Å²) in [7, 11) is 0. The normalized spacial score (nSPS) is 28.3. The predicted molar refractivity (Wildman–Crippen MR) is 84.5 cm³/mol. The van der Waals surface area contributed by atoms with E-state index in [2.05, 4.69) is 21.8 Å². The Labute approximate surface area is 132 Å². The van der Waals surface area contributed by atoms with E-state index in [0.717, 1.165) is 37.7 Å². The number of nitrogens with zero attached hydrogens (tertiary/aromatic N) is 4. The SMILES string of the molecule is CC1CCC(N(CC2CCCO2)c2cnc(C#N)cn2)CC1. The second-order valence-corrected chi connectivity index (χ2v) is 6.57. The number of ether oxygens (including phenoxy) is 1. The molecule has 3 rings (SSSR count). The molecule has 1 unspecified atom stereocenters. The number of aromatic nitrogens is 2. The minimum absolute atomic E-state index is 0.303. The van der Waals surface area contributed by atoms with Gasteiger partial charge in [-0.15, -0.1) is 0 Å². The summed E-state index contributed by atoms with van der Waals surface area (Å²) in [6.45, 7) is 4.10. The first-order valence-corrected chi connectivity index (χ1v) is 8.36. The molecule has 118 valence electrons. The Balaban J connectivity index is 1.76. The number of nitriles is 1. The van der Waals surface area contributed by atoms with Gasteiger partial charge in [0.1, 0.15) is 11.9 Å². The predicted octanol–water partition coefficient (Wildman–Crippen LogP) is 2.91. The Hall–Kier alpha value is -1.67. The molecule has 2 fully saturated rings. The summed E-state index contributed by atoms with van der Waals surface area (Å²) in [5.74, 6) is 1.71. The van der Waals surface area contributed by atoms with E-state index in [1.807, 2.05) is 6.07 Å². The van der Waals surface area contributed by atoms with Crippen molar-refractivity contribution in [3.63, 3.8) is 0 Å². The molecule has 0 radical (unpaired) electrons. The van der Waals surface area contributed by atoms with Crippen molar-refractivity contribution in [3.8, 4) is 6.07 Å². The molecule has 0 N–H and O–H groups in total. The highest BCUT2D eigenvalue weighted by Gasteiger charge is 2.28. The molecule has 1 aliphatic heterocycles. The van der Waals surface area contributed by atoms with E-state index in [1.165, 1.54) is 25.7 Å². The summed E-state index contributed by atoms with van der Waals surface area (Å²) >= 11 is 0. The smallest absolute Gasteiger partial charge is 0.158 e. The van der Waals surface area contributed by atoms with Crippen LogP contribution in [0.2, 0.25) is 0 Å². The fraction of sp³-hybridized carbons (Fsp3) is 0.706. The van der Waals surface area contributed by atoms with Crippen LogP contribution in [0.25, 0.3) is 0 Å². The molecule has 0 aromatic carbocycles. The highest BCUT2D eigenvalue weighted by Crippen LogP contribution is 2.30. The first-order chi connectivity index (χ1) is 10.8. The molecule has 5 heteroatoms. The van der Waals surface area contributed by atoms with Crippen molar-refractivity contribution in [1.82, 2.24) is 9.97 Å². The van der Waals surface area contributed by atoms with E-state index in [0.29, 0.717) is 17.8 Å². The molecule has 1 aromatic rings. The molecule has 2 heterocycles. The lowest BCUT2D eigenvalue weighted by Gasteiger charge is -2.38. The van der Waals surface area contributed by atoms with Crippen LogP contribution in [-0.2, 0) is 4.74 Å². The zero-order valence-corrected chi connectivity index (χ0v) is 13.2. The second-order valence-electron chi connectivity index (χ2n) is 6.57. The monoisotopic (exact) mass is 300 g/mol. The third kappa shape index (κ3) is 3.56. The van der Waals surface area contributed by atoms with Crippen molar-refractivity contribution in [2.75, 3.05) is 18.1 Å². The molecule has 5 nitrogen and oxygen atoms in total. The second kappa shape index (κ2) is 7.06. The van der Waals surface area contributed by atoms with Crippen LogP contribution in [0.15, 0.2) is 12.4 Å². The van der Waals surface area contributed by atoms with E-state index in [-0.39, 0.29) is 0 Å². The average molecular weight is 300 g/mol. The largest absolute Gasteiger partial charge is 0.376 e. The maximum atomic E-state index is 8.89. The standard InChI is InChI=1S/C17H24N4O/c1-13-4-6-15(7-5-13)21(12-16-3-2-8-22-16)17-11-19-14(9-18)10-20-17/h10-11,13,15-16H,2-8,12H2,1H3. The maximum Gasteiger partial charge on any atom is 0.158 e. The van der Waals surface area contributed by atoms with Crippen LogP contribution in [0.3, 0.4) is 0 Å². The van der Waals surface area contributed by atoms with Gasteiger partial charge in [0, 0.05) is 19.2 Å². The molecule has 0 amide bonds. The molecule has 1 atom stereocenters. The molecule has 1 saturated carbocycles. The van der Waals surface area contributed by atoms with Gasteiger partial charge in [0.05, 0.1) is 18.5 Å². The van der Waals surface area contributed by atoms with E-state index >= 15 is 0 Å². The number of anilines is 1. The minimum Gasteiger partial charge on any atom is -0.376 e. The molecule has 1 aliphatic carbocycles. The third-order valence-corrected chi connectivity index (χ3v) is 4.90. The van der Waals surface area contributed by atoms with Crippen LogP contribution in [0.1, 0.15) is 51.1 Å². The Kier molecular flexibility index (Phi) is 4.89. The summed E-state index contributed by atoms with van der Waals surface area (Å²) in [6, 6.07) is 2.55. The van der Waals surface area contributed by atoms with Gasteiger partial charge in [-0.1, -0.05) is 6.92 Å². The molecule has 22 heavy (non-hydrogen) atoms. The van der Waals surface area contributed by atoms with Gasteiger partial charge in [0.2, 0.25) is 0 Å². The molecule has 2 aliphatic rings. The van der Waals surface area contributed by atoms with Crippen LogP contribution in [0.5, 0.6) is 0 Å². The maximum absolute atomic E-state index is 8.89. The summed E-state index contributed by atoms with van der Waals surface area (Å²) < 4.78 is 5.82. The zero-order valence-electron chi connectivity index (χ0n) is 13.2. The fourth-order valence-electron chi connectivity index (χ4n) is 3.52. The molecule has 1 aromatic heterocycles. The van der Waals surface area contributed by atoms with Gasteiger partial charge in [-0.3, -0.25) is 0 Å². The minimum atomic E-state index is 0.303.